The molecule has 2 N–H and O–H groups in total. The molecule has 0 unspecified atom stereocenters. The van der Waals surface area contributed by atoms with Crippen LogP contribution in [0.4, 0.5) is 5.69 Å². The summed E-state index contributed by atoms with van der Waals surface area (Å²) in [7, 11) is 0. The average molecular weight is 282 g/mol. The molecule has 0 saturated heterocycles. The zero-order valence-corrected chi connectivity index (χ0v) is 12.1. The van der Waals surface area contributed by atoms with Crippen molar-refractivity contribution in [1.29, 1.82) is 0 Å². The van der Waals surface area contributed by atoms with Crippen LogP contribution in [0.2, 0.25) is 0 Å². The zero-order chi connectivity index (χ0) is 15.2. The fourth-order valence-corrected chi connectivity index (χ4v) is 2.01. The van der Waals surface area contributed by atoms with Crippen molar-refractivity contribution in [3.05, 3.63) is 65.2 Å². The first kappa shape index (κ1) is 14.8. The second-order valence-corrected chi connectivity index (χ2v) is 4.92. The number of anilines is 1. The van der Waals surface area contributed by atoms with Crippen LogP contribution in [0.5, 0.6) is 0 Å². The number of rotatable bonds is 4. The van der Waals surface area contributed by atoms with E-state index < -0.39 is 0 Å². The van der Waals surface area contributed by atoms with E-state index in [1.807, 2.05) is 50.2 Å². The highest BCUT2D eigenvalue weighted by atomic mass is 16.2. The van der Waals surface area contributed by atoms with Crippen LogP contribution in [0.3, 0.4) is 0 Å². The van der Waals surface area contributed by atoms with Gasteiger partial charge in [0.25, 0.3) is 5.91 Å². The van der Waals surface area contributed by atoms with Gasteiger partial charge in [-0.2, -0.15) is 0 Å². The molecule has 0 bridgehead atoms. The lowest BCUT2D eigenvalue weighted by molar-refractivity contribution is -0.115. The molecule has 2 aromatic rings. The normalized spacial score (nSPS) is 10.0. The number of hydrogen-bond acceptors (Lipinski definition) is 2. The van der Waals surface area contributed by atoms with Crippen LogP contribution < -0.4 is 10.6 Å². The van der Waals surface area contributed by atoms with Gasteiger partial charge in [0.1, 0.15) is 0 Å². The Balaban J connectivity index is 1.90. The molecule has 0 radical (unpaired) electrons. The standard InChI is InChI=1S/C17H18N2O2/c1-12-6-5-8-14(10-12)19-16(20)11-18-17(21)15-9-4-3-7-13(15)2/h3-10H,11H2,1-2H3,(H,18,21)(H,19,20). The van der Waals surface area contributed by atoms with Crippen molar-refractivity contribution in [2.24, 2.45) is 0 Å². The molecule has 2 aromatic carbocycles. The summed E-state index contributed by atoms with van der Waals surface area (Å²) in [6, 6.07) is 14.8. The van der Waals surface area contributed by atoms with Crippen LogP contribution in [0.25, 0.3) is 0 Å². The van der Waals surface area contributed by atoms with Gasteiger partial charge in [0.15, 0.2) is 0 Å². The highest BCUT2D eigenvalue weighted by molar-refractivity contribution is 6.00. The molecule has 0 aliphatic carbocycles. The first-order valence-electron chi connectivity index (χ1n) is 6.76. The number of aryl methyl sites for hydroxylation is 2. The Morgan fingerprint density at radius 1 is 1.00 bits per heavy atom. The fourth-order valence-electron chi connectivity index (χ4n) is 2.01. The molecule has 0 saturated carbocycles. The molecule has 0 spiro atoms. The van der Waals surface area contributed by atoms with Crippen molar-refractivity contribution < 1.29 is 9.59 Å². The number of amides is 2. The molecule has 0 heterocycles. The number of carbonyl (C=O) groups is 2. The summed E-state index contributed by atoms with van der Waals surface area (Å²) >= 11 is 0. The van der Waals surface area contributed by atoms with E-state index in [0.29, 0.717) is 5.56 Å². The van der Waals surface area contributed by atoms with Crippen LogP contribution in [0, 0.1) is 13.8 Å². The number of benzene rings is 2. The van der Waals surface area contributed by atoms with Crippen molar-refractivity contribution in [2.45, 2.75) is 13.8 Å². The van der Waals surface area contributed by atoms with E-state index in [1.165, 1.54) is 0 Å². The zero-order valence-electron chi connectivity index (χ0n) is 12.1. The lowest BCUT2D eigenvalue weighted by Crippen LogP contribution is -2.33. The summed E-state index contributed by atoms with van der Waals surface area (Å²) in [5.41, 5.74) is 3.26. The molecule has 0 aliphatic rings. The van der Waals surface area contributed by atoms with Crippen molar-refractivity contribution in [1.82, 2.24) is 5.32 Å². The van der Waals surface area contributed by atoms with Crippen LogP contribution in [0.1, 0.15) is 21.5 Å². The Bertz CT molecular complexity index is 665. The van der Waals surface area contributed by atoms with E-state index in [4.69, 9.17) is 0 Å². The highest BCUT2D eigenvalue weighted by Gasteiger charge is 2.10. The molecule has 0 fully saturated rings. The third-order valence-corrected chi connectivity index (χ3v) is 3.10. The molecular weight excluding hydrogens is 264 g/mol. The number of carbonyl (C=O) groups excluding carboxylic acids is 2. The van der Waals surface area contributed by atoms with Crippen molar-refractivity contribution in [3.63, 3.8) is 0 Å². The molecule has 0 aliphatic heterocycles. The maximum atomic E-state index is 12.0. The van der Waals surface area contributed by atoms with E-state index in [-0.39, 0.29) is 18.4 Å². The quantitative estimate of drug-likeness (QED) is 0.905. The van der Waals surface area contributed by atoms with E-state index in [2.05, 4.69) is 10.6 Å². The second-order valence-electron chi connectivity index (χ2n) is 4.92. The summed E-state index contributed by atoms with van der Waals surface area (Å²) < 4.78 is 0. The van der Waals surface area contributed by atoms with Gasteiger partial charge in [0.2, 0.25) is 5.91 Å². The summed E-state index contributed by atoms with van der Waals surface area (Å²) in [4.78, 5) is 23.8. The Morgan fingerprint density at radius 2 is 1.76 bits per heavy atom. The van der Waals surface area contributed by atoms with E-state index >= 15 is 0 Å². The van der Waals surface area contributed by atoms with Gasteiger partial charge in [-0.05, 0) is 43.2 Å². The number of nitrogens with one attached hydrogen (secondary N) is 2. The van der Waals surface area contributed by atoms with Gasteiger partial charge in [0.05, 0.1) is 6.54 Å². The third kappa shape index (κ3) is 4.18. The fraction of sp³-hybridized carbons (Fsp3) is 0.176. The Morgan fingerprint density at radius 3 is 2.48 bits per heavy atom. The van der Waals surface area contributed by atoms with Gasteiger partial charge in [-0.25, -0.2) is 0 Å². The maximum Gasteiger partial charge on any atom is 0.251 e. The third-order valence-electron chi connectivity index (χ3n) is 3.10. The summed E-state index contributed by atoms with van der Waals surface area (Å²) in [6.45, 7) is 3.76. The molecule has 0 atom stereocenters. The van der Waals surface area contributed by atoms with Gasteiger partial charge in [0, 0.05) is 11.3 Å². The van der Waals surface area contributed by atoms with E-state index in [1.54, 1.807) is 12.1 Å². The largest absolute Gasteiger partial charge is 0.343 e. The van der Waals surface area contributed by atoms with Gasteiger partial charge in [-0.1, -0.05) is 30.3 Å². The van der Waals surface area contributed by atoms with Crippen LogP contribution in [-0.2, 0) is 4.79 Å². The van der Waals surface area contributed by atoms with Gasteiger partial charge >= 0.3 is 0 Å². The van der Waals surface area contributed by atoms with Crippen LogP contribution >= 0.6 is 0 Å². The molecular formula is C17H18N2O2. The van der Waals surface area contributed by atoms with Crippen LogP contribution in [0.15, 0.2) is 48.5 Å². The molecule has 2 rings (SSSR count). The van der Waals surface area contributed by atoms with Crippen molar-refractivity contribution in [3.8, 4) is 0 Å². The van der Waals surface area contributed by atoms with Gasteiger partial charge in [-0.15, -0.1) is 0 Å². The van der Waals surface area contributed by atoms with E-state index in [0.717, 1.165) is 16.8 Å². The minimum Gasteiger partial charge on any atom is -0.343 e. The lowest BCUT2D eigenvalue weighted by Gasteiger charge is -2.08. The monoisotopic (exact) mass is 282 g/mol. The first-order chi connectivity index (χ1) is 10.1. The predicted octanol–water partition coefficient (Wildman–Crippen LogP) is 2.67. The molecule has 4 heteroatoms. The Hall–Kier alpha value is -2.62. The second kappa shape index (κ2) is 6.70. The minimum absolute atomic E-state index is 0.0545. The molecule has 0 aromatic heterocycles. The Labute approximate surface area is 124 Å². The summed E-state index contributed by atoms with van der Waals surface area (Å²) in [6.07, 6.45) is 0. The van der Waals surface area contributed by atoms with Gasteiger partial charge in [-0.3, -0.25) is 9.59 Å². The summed E-state index contributed by atoms with van der Waals surface area (Å²) in [5.74, 6) is -0.491. The smallest absolute Gasteiger partial charge is 0.251 e. The van der Waals surface area contributed by atoms with Crippen LogP contribution in [-0.4, -0.2) is 18.4 Å². The minimum atomic E-state index is -0.248. The number of hydrogen-bond donors (Lipinski definition) is 2. The molecule has 2 amide bonds. The Kier molecular flexibility index (Phi) is 4.72. The average Bonchev–Trinajstić information content (AvgIpc) is 2.45. The highest BCUT2D eigenvalue weighted by Crippen LogP contribution is 2.09. The maximum absolute atomic E-state index is 12.0. The summed E-state index contributed by atoms with van der Waals surface area (Å²) in [5, 5.41) is 5.37. The van der Waals surface area contributed by atoms with Crippen molar-refractivity contribution in [2.75, 3.05) is 11.9 Å². The molecule has 21 heavy (non-hydrogen) atoms. The first-order valence-corrected chi connectivity index (χ1v) is 6.76. The topological polar surface area (TPSA) is 58.2 Å². The predicted molar refractivity (Wildman–Crippen MR) is 83.3 cm³/mol. The van der Waals surface area contributed by atoms with E-state index in [9.17, 15) is 9.59 Å². The SMILES string of the molecule is Cc1cccc(NC(=O)CNC(=O)c2ccccc2C)c1. The molecule has 108 valence electrons. The van der Waals surface area contributed by atoms with Crippen molar-refractivity contribution >= 4 is 17.5 Å². The molecule has 4 nitrogen and oxygen atoms in total. The lowest BCUT2D eigenvalue weighted by atomic mass is 10.1. The van der Waals surface area contributed by atoms with Gasteiger partial charge < -0.3 is 10.6 Å².